The first-order valence-electron chi connectivity index (χ1n) is 6.98. The fourth-order valence-electron chi connectivity index (χ4n) is 3.47. The predicted molar refractivity (Wildman–Crippen MR) is 68.9 cm³/mol. The molecule has 6 heteroatoms. The molecular formula is C12H22N2O3S. The van der Waals surface area contributed by atoms with Crippen LogP contribution < -0.4 is 10.0 Å². The Bertz CT molecular complexity index is 380. The maximum atomic E-state index is 12.3. The van der Waals surface area contributed by atoms with Gasteiger partial charge in [-0.3, -0.25) is 0 Å². The molecule has 0 spiro atoms. The monoisotopic (exact) mass is 274 g/mol. The summed E-state index contributed by atoms with van der Waals surface area (Å²) in [5.74, 6) is 0. The van der Waals surface area contributed by atoms with Crippen LogP contribution in [0.15, 0.2) is 0 Å². The van der Waals surface area contributed by atoms with Crippen molar-refractivity contribution in [3.05, 3.63) is 0 Å². The zero-order valence-electron chi connectivity index (χ0n) is 10.6. The number of hydrogen-bond acceptors (Lipinski definition) is 4. The highest BCUT2D eigenvalue weighted by Crippen LogP contribution is 2.28. The maximum Gasteiger partial charge on any atom is 0.214 e. The molecule has 0 aromatic carbocycles. The Morgan fingerprint density at radius 3 is 2.22 bits per heavy atom. The Labute approximate surface area is 109 Å². The second-order valence-electron chi connectivity index (χ2n) is 5.78. The van der Waals surface area contributed by atoms with Crippen LogP contribution in [0.4, 0.5) is 0 Å². The molecule has 2 N–H and O–H groups in total. The summed E-state index contributed by atoms with van der Waals surface area (Å²) in [6.07, 6.45) is 5.54. The first-order valence-corrected chi connectivity index (χ1v) is 8.53. The van der Waals surface area contributed by atoms with Gasteiger partial charge in [-0.25, -0.2) is 13.1 Å². The van der Waals surface area contributed by atoms with Crippen molar-refractivity contribution in [2.45, 2.75) is 61.9 Å². The van der Waals surface area contributed by atoms with Crippen molar-refractivity contribution >= 4 is 10.0 Å². The second kappa shape index (κ2) is 5.07. The highest BCUT2D eigenvalue weighted by atomic mass is 32.2. The molecule has 18 heavy (non-hydrogen) atoms. The van der Waals surface area contributed by atoms with E-state index in [4.69, 9.17) is 4.74 Å². The number of hydrogen-bond donors (Lipinski definition) is 2. The Balaban J connectivity index is 1.61. The number of piperidine rings is 1. The molecule has 0 aromatic heterocycles. The van der Waals surface area contributed by atoms with Crippen molar-refractivity contribution in [1.29, 1.82) is 0 Å². The van der Waals surface area contributed by atoms with Gasteiger partial charge in [-0.1, -0.05) is 0 Å². The highest BCUT2D eigenvalue weighted by Gasteiger charge is 2.37. The average molecular weight is 274 g/mol. The van der Waals surface area contributed by atoms with Crippen LogP contribution in [0.1, 0.15) is 38.5 Å². The van der Waals surface area contributed by atoms with Gasteiger partial charge in [0, 0.05) is 31.3 Å². The SMILES string of the molecule is O=S(=O)(NC1CC2CCC(C1)N2)C1CCOCC1. The highest BCUT2D eigenvalue weighted by molar-refractivity contribution is 7.90. The third kappa shape index (κ3) is 2.71. The average Bonchev–Trinajstić information content (AvgIpc) is 2.69. The van der Waals surface area contributed by atoms with Crippen molar-refractivity contribution in [3.8, 4) is 0 Å². The number of nitrogens with one attached hydrogen (secondary N) is 2. The van der Waals surface area contributed by atoms with E-state index in [0.717, 1.165) is 12.8 Å². The molecule has 0 saturated carbocycles. The van der Waals surface area contributed by atoms with E-state index in [1.54, 1.807) is 0 Å². The molecular weight excluding hydrogens is 252 g/mol. The zero-order chi connectivity index (χ0) is 12.6. The first-order chi connectivity index (χ1) is 8.63. The van der Waals surface area contributed by atoms with Crippen molar-refractivity contribution in [1.82, 2.24) is 10.0 Å². The summed E-state index contributed by atoms with van der Waals surface area (Å²) in [5.41, 5.74) is 0. The lowest BCUT2D eigenvalue weighted by atomic mass is 10.0. The van der Waals surface area contributed by atoms with Gasteiger partial charge in [0.2, 0.25) is 10.0 Å². The summed E-state index contributed by atoms with van der Waals surface area (Å²) in [6.45, 7) is 1.14. The Kier molecular flexibility index (Phi) is 3.62. The minimum atomic E-state index is -3.16. The van der Waals surface area contributed by atoms with Crippen molar-refractivity contribution < 1.29 is 13.2 Å². The fourth-order valence-corrected chi connectivity index (χ4v) is 5.13. The Morgan fingerprint density at radius 1 is 1.00 bits per heavy atom. The molecule has 0 aromatic rings. The third-order valence-electron chi connectivity index (χ3n) is 4.41. The topological polar surface area (TPSA) is 67.4 Å². The van der Waals surface area contributed by atoms with E-state index in [1.165, 1.54) is 12.8 Å². The second-order valence-corrected chi connectivity index (χ2v) is 7.77. The lowest BCUT2D eigenvalue weighted by Crippen LogP contribution is -2.50. The van der Waals surface area contributed by atoms with Gasteiger partial charge in [0.05, 0.1) is 5.25 Å². The van der Waals surface area contributed by atoms with Crippen LogP contribution in [0, 0.1) is 0 Å². The predicted octanol–water partition coefficient (Wildman–Crippen LogP) is 0.368. The number of sulfonamides is 1. The quantitative estimate of drug-likeness (QED) is 0.780. The third-order valence-corrected chi connectivity index (χ3v) is 6.42. The van der Waals surface area contributed by atoms with Crippen LogP contribution in [0.3, 0.4) is 0 Å². The molecule has 3 rings (SSSR count). The molecule has 2 atom stereocenters. The van der Waals surface area contributed by atoms with E-state index >= 15 is 0 Å². The summed E-state index contributed by atoms with van der Waals surface area (Å²) in [7, 11) is -3.16. The summed E-state index contributed by atoms with van der Waals surface area (Å²) in [5, 5.41) is 3.28. The molecule has 3 aliphatic rings. The van der Waals surface area contributed by atoms with Gasteiger partial charge in [0.15, 0.2) is 0 Å². The largest absolute Gasteiger partial charge is 0.381 e. The van der Waals surface area contributed by atoms with Crippen molar-refractivity contribution in [2.24, 2.45) is 0 Å². The molecule has 0 radical (unpaired) electrons. The van der Waals surface area contributed by atoms with Gasteiger partial charge < -0.3 is 10.1 Å². The van der Waals surface area contributed by atoms with Crippen LogP contribution in [0.25, 0.3) is 0 Å². The van der Waals surface area contributed by atoms with E-state index in [9.17, 15) is 8.42 Å². The molecule has 5 nitrogen and oxygen atoms in total. The summed E-state index contributed by atoms with van der Waals surface area (Å²) < 4.78 is 32.8. The molecule has 3 saturated heterocycles. The van der Waals surface area contributed by atoms with Crippen LogP contribution in [-0.2, 0) is 14.8 Å². The molecule has 0 aliphatic carbocycles. The van der Waals surface area contributed by atoms with Crippen LogP contribution >= 0.6 is 0 Å². The van der Waals surface area contributed by atoms with E-state index in [0.29, 0.717) is 38.1 Å². The molecule has 3 aliphatic heterocycles. The van der Waals surface area contributed by atoms with E-state index in [-0.39, 0.29) is 11.3 Å². The Hall–Kier alpha value is -0.170. The van der Waals surface area contributed by atoms with Crippen LogP contribution in [-0.4, -0.2) is 45.0 Å². The first kappa shape index (κ1) is 12.8. The van der Waals surface area contributed by atoms with Gasteiger partial charge in [-0.15, -0.1) is 0 Å². The van der Waals surface area contributed by atoms with Crippen LogP contribution in [0.2, 0.25) is 0 Å². The minimum Gasteiger partial charge on any atom is -0.381 e. The molecule has 3 heterocycles. The number of fused-ring (bicyclic) bond motifs is 2. The lowest BCUT2D eigenvalue weighted by molar-refractivity contribution is 0.0980. The van der Waals surface area contributed by atoms with Crippen LogP contribution in [0.5, 0.6) is 0 Å². The van der Waals surface area contributed by atoms with Gasteiger partial charge in [0.1, 0.15) is 0 Å². The summed E-state index contributed by atoms with van der Waals surface area (Å²) in [4.78, 5) is 0. The van der Waals surface area contributed by atoms with Gasteiger partial charge in [-0.05, 0) is 38.5 Å². The van der Waals surface area contributed by atoms with Gasteiger partial charge >= 0.3 is 0 Å². The Morgan fingerprint density at radius 2 is 1.61 bits per heavy atom. The summed E-state index contributed by atoms with van der Waals surface area (Å²) in [6, 6.07) is 1.17. The standard InChI is InChI=1S/C12H22N2O3S/c15-18(16,12-3-5-17-6-4-12)14-11-7-9-1-2-10(8-11)13-9/h9-14H,1-8H2. The molecule has 2 bridgehead atoms. The molecule has 3 fully saturated rings. The fraction of sp³-hybridized carbons (Fsp3) is 1.00. The van der Waals surface area contributed by atoms with E-state index in [2.05, 4.69) is 10.0 Å². The normalized spacial score (nSPS) is 37.9. The van der Waals surface area contributed by atoms with E-state index < -0.39 is 10.0 Å². The van der Waals surface area contributed by atoms with Gasteiger partial charge in [-0.2, -0.15) is 0 Å². The minimum absolute atomic E-state index is 0.136. The molecule has 0 amide bonds. The molecule has 2 unspecified atom stereocenters. The summed E-state index contributed by atoms with van der Waals surface area (Å²) >= 11 is 0. The number of rotatable bonds is 3. The van der Waals surface area contributed by atoms with Gasteiger partial charge in [0.25, 0.3) is 0 Å². The number of ether oxygens (including phenoxy) is 1. The lowest BCUT2D eigenvalue weighted by Gasteiger charge is -2.31. The maximum absolute atomic E-state index is 12.3. The van der Waals surface area contributed by atoms with E-state index in [1.807, 2.05) is 0 Å². The van der Waals surface area contributed by atoms with Crippen molar-refractivity contribution in [3.63, 3.8) is 0 Å². The van der Waals surface area contributed by atoms with Crippen molar-refractivity contribution in [2.75, 3.05) is 13.2 Å². The smallest absolute Gasteiger partial charge is 0.214 e. The zero-order valence-corrected chi connectivity index (χ0v) is 11.4. The molecule has 104 valence electrons.